The molecule has 2 aliphatic heterocycles. The zero-order valence-corrected chi connectivity index (χ0v) is 14.7. The van der Waals surface area contributed by atoms with Crippen LogP contribution >= 0.6 is 39.5 Å². The predicted octanol–water partition coefficient (Wildman–Crippen LogP) is 3.52. The number of aliphatic hydroxyl groups excluding tert-OH is 1. The van der Waals surface area contributed by atoms with Crippen LogP contribution in [0.5, 0.6) is 5.75 Å². The van der Waals surface area contributed by atoms with E-state index in [4.69, 9.17) is 4.74 Å². The summed E-state index contributed by atoms with van der Waals surface area (Å²) in [6, 6.07) is 4.23. The number of ether oxygens (including phenoxy) is 1. The fraction of sp³-hybridized carbons (Fsp3) is 0.600. The van der Waals surface area contributed by atoms with Crippen LogP contribution < -0.4 is 4.74 Å². The summed E-state index contributed by atoms with van der Waals surface area (Å²) in [6.07, 6.45) is 1.36. The Morgan fingerprint density at radius 2 is 2.20 bits per heavy atom. The standard InChI is InChI=1S/C15H19BrO2S2/c1-9-15(20-5-4-19-9)13(17)8-11-7-12(16)6-10-2-3-18-14(10)11/h6-7,9,13,15,17H,2-5,8H2,1H3. The highest BCUT2D eigenvalue weighted by molar-refractivity contribution is 9.10. The summed E-state index contributed by atoms with van der Waals surface area (Å²) in [7, 11) is 0. The minimum Gasteiger partial charge on any atom is -0.493 e. The van der Waals surface area contributed by atoms with Gasteiger partial charge in [-0.1, -0.05) is 22.9 Å². The van der Waals surface area contributed by atoms with Crippen molar-refractivity contribution in [3.63, 3.8) is 0 Å². The van der Waals surface area contributed by atoms with Gasteiger partial charge in [0.25, 0.3) is 0 Å². The number of thioether (sulfide) groups is 2. The monoisotopic (exact) mass is 374 g/mol. The van der Waals surface area contributed by atoms with Crippen molar-refractivity contribution < 1.29 is 9.84 Å². The molecule has 110 valence electrons. The van der Waals surface area contributed by atoms with Gasteiger partial charge in [0.05, 0.1) is 12.7 Å². The first-order chi connectivity index (χ1) is 9.65. The molecular weight excluding hydrogens is 356 g/mol. The van der Waals surface area contributed by atoms with Crippen LogP contribution in [0.25, 0.3) is 0 Å². The van der Waals surface area contributed by atoms with Gasteiger partial charge in [-0.25, -0.2) is 0 Å². The Labute approximate surface area is 137 Å². The third-order valence-corrected chi connectivity index (χ3v) is 7.57. The van der Waals surface area contributed by atoms with E-state index in [1.54, 1.807) is 0 Å². The minimum absolute atomic E-state index is 0.301. The fourth-order valence-electron chi connectivity index (χ4n) is 2.91. The van der Waals surface area contributed by atoms with E-state index in [0.717, 1.165) is 34.6 Å². The Morgan fingerprint density at radius 3 is 3.00 bits per heavy atom. The van der Waals surface area contributed by atoms with E-state index in [2.05, 4.69) is 35.0 Å². The molecule has 1 aromatic rings. The van der Waals surface area contributed by atoms with E-state index in [0.29, 0.717) is 16.9 Å². The molecule has 0 aromatic heterocycles. The molecule has 20 heavy (non-hydrogen) atoms. The van der Waals surface area contributed by atoms with Crippen molar-refractivity contribution in [2.24, 2.45) is 0 Å². The van der Waals surface area contributed by atoms with E-state index in [1.165, 1.54) is 11.3 Å². The highest BCUT2D eigenvalue weighted by atomic mass is 79.9. The number of hydrogen-bond acceptors (Lipinski definition) is 4. The Balaban J connectivity index is 1.77. The van der Waals surface area contributed by atoms with Crippen LogP contribution in [0.15, 0.2) is 16.6 Å². The third-order valence-electron chi connectivity index (χ3n) is 3.87. The van der Waals surface area contributed by atoms with Crippen LogP contribution in [0, 0.1) is 0 Å². The smallest absolute Gasteiger partial charge is 0.125 e. The van der Waals surface area contributed by atoms with Gasteiger partial charge >= 0.3 is 0 Å². The molecule has 2 nitrogen and oxygen atoms in total. The second-order valence-electron chi connectivity index (χ2n) is 5.33. The van der Waals surface area contributed by atoms with Crippen LogP contribution in [0.1, 0.15) is 18.1 Å². The van der Waals surface area contributed by atoms with Crippen molar-refractivity contribution >= 4 is 39.5 Å². The molecule has 0 radical (unpaired) electrons. The maximum Gasteiger partial charge on any atom is 0.125 e. The lowest BCUT2D eigenvalue weighted by atomic mass is 10.0. The van der Waals surface area contributed by atoms with Gasteiger partial charge in [0, 0.05) is 39.3 Å². The lowest BCUT2D eigenvalue weighted by Gasteiger charge is -2.31. The summed E-state index contributed by atoms with van der Waals surface area (Å²) in [6.45, 7) is 2.99. The van der Waals surface area contributed by atoms with Crippen molar-refractivity contribution in [3.05, 3.63) is 27.7 Å². The topological polar surface area (TPSA) is 29.5 Å². The van der Waals surface area contributed by atoms with Crippen LogP contribution in [0.2, 0.25) is 0 Å². The van der Waals surface area contributed by atoms with Crippen molar-refractivity contribution in [1.29, 1.82) is 0 Å². The third kappa shape index (κ3) is 3.16. The van der Waals surface area contributed by atoms with Crippen LogP contribution in [0.3, 0.4) is 0 Å². The lowest BCUT2D eigenvalue weighted by Crippen LogP contribution is -2.36. The molecule has 0 spiro atoms. The molecule has 3 unspecified atom stereocenters. The molecule has 1 aromatic carbocycles. The normalized spacial score (nSPS) is 26.9. The van der Waals surface area contributed by atoms with Crippen molar-refractivity contribution in [2.75, 3.05) is 18.1 Å². The lowest BCUT2D eigenvalue weighted by molar-refractivity contribution is 0.170. The highest BCUT2D eigenvalue weighted by Crippen LogP contribution is 2.37. The Kier molecular flexibility index (Phi) is 4.90. The van der Waals surface area contributed by atoms with Gasteiger partial charge in [0.15, 0.2) is 0 Å². The largest absolute Gasteiger partial charge is 0.493 e. The van der Waals surface area contributed by atoms with Gasteiger partial charge in [-0.05, 0) is 23.3 Å². The second kappa shape index (κ2) is 6.51. The Morgan fingerprint density at radius 1 is 1.40 bits per heavy atom. The molecule has 1 fully saturated rings. The van der Waals surface area contributed by atoms with Gasteiger partial charge in [0.1, 0.15) is 5.75 Å². The number of hydrogen-bond donors (Lipinski definition) is 1. The number of halogens is 1. The predicted molar refractivity (Wildman–Crippen MR) is 91.2 cm³/mol. The van der Waals surface area contributed by atoms with Crippen LogP contribution in [0.4, 0.5) is 0 Å². The Hall–Kier alpha value is 0.160. The van der Waals surface area contributed by atoms with Crippen LogP contribution in [-0.2, 0) is 12.8 Å². The molecule has 3 rings (SSSR count). The summed E-state index contributed by atoms with van der Waals surface area (Å²) >= 11 is 7.45. The molecule has 0 amide bonds. The molecule has 1 saturated heterocycles. The number of fused-ring (bicyclic) bond motifs is 1. The van der Waals surface area contributed by atoms with Gasteiger partial charge in [-0.2, -0.15) is 23.5 Å². The molecule has 2 aliphatic rings. The maximum atomic E-state index is 10.6. The minimum atomic E-state index is -0.301. The first-order valence-corrected chi connectivity index (χ1v) is 9.89. The molecule has 0 aliphatic carbocycles. The fourth-order valence-corrected chi connectivity index (χ4v) is 6.31. The van der Waals surface area contributed by atoms with Gasteiger partial charge < -0.3 is 9.84 Å². The van der Waals surface area contributed by atoms with Crippen molar-refractivity contribution in [3.8, 4) is 5.75 Å². The van der Waals surface area contributed by atoms with E-state index < -0.39 is 0 Å². The molecule has 1 N–H and O–H groups in total. The SMILES string of the molecule is CC1SCCSC1C(O)Cc1cc(Br)cc2c1OCC2. The molecule has 3 atom stereocenters. The average molecular weight is 375 g/mol. The van der Waals surface area contributed by atoms with Gasteiger partial charge in [0.2, 0.25) is 0 Å². The summed E-state index contributed by atoms with van der Waals surface area (Å²) in [5.74, 6) is 3.35. The van der Waals surface area contributed by atoms with Gasteiger partial charge in [-0.15, -0.1) is 0 Å². The number of rotatable bonds is 3. The Bertz CT molecular complexity index is 495. The van der Waals surface area contributed by atoms with Gasteiger partial charge in [-0.3, -0.25) is 0 Å². The maximum absolute atomic E-state index is 10.6. The van der Waals surface area contributed by atoms with Crippen molar-refractivity contribution in [1.82, 2.24) is 0 Å². The van der Waals surface area contributed by atoms with Crippen LogP contribution in [-0.4, -0.2) is 39.8 Å². The summed E-state index contributed by atoms with van der Waals surface area (Å²) < 4.78 is 6.84. The summed E-state index contributed by atoms with van der Waals surface area (Å²) in [5.41, 5.74) is 2.41. The molecular formula is C15H19BrO2S2. The quantitative estimate of drug-likeness (QED) is 0.876. The van der Waals surface area contributed by atoms with E-state index in [1.807, 2.05) is 23.5 Å². The average Bonchev–Trinajstić information content (AvgIpc) is 2.87. The second-order valence-corrected chi connectivity index (χ2v) is 9.02. The molecule has 0 saturated carbocycles. The first kappa shape index (κ1) is 15.1. The molecule has 2 heterocycles. The number of benzene rings is 1. The highest BCUT2D eigenvalue weighted by Gasteiger charge is 2.30. The molecule has 5 heteroatoms. The van der Waals surface area contributed by atoms with E-state index in [9.17, 15) is 5.11 Å². The van der Waals surface area contributed by atoms with Crippen molar-refractivity contribution in [2.45, 2.75) is 36.4 Å². The number of aliphatic hydroxyl groups is 1. The van der Waals surface area contributed by atoms with E-state index in [-0.39, 0.29) is 6.10 Å². The van der Waals surface area contributed by atoms with E-state index >= 15 is 0 Å². The zero-order valence-electron chi connectivity index (χ0n) is 11.5. The molecule has 0 bridgehead atoms. The first-order valence-electron chi connectivity index (χ1n) is 7.00. The zero-order chi connectivity index (χ0) is 14.1. The summed E-state index contributed by atoms with van der Waals surface area (Å²) in [5, 5.41) is 11.5. The summed E-state index contributed by atoms with van der Waals surface area (Å²) in [4.78, 5) is 0.